The standard InChI is InChI=1S/C12H13FN4O3/c1-20-11-7-9(10(17(18)19)6-8(11)13)16-5-4-15-12(16)2-3-14/h4-7H,2-3,14H2,1H3. The fourth-order valence-electron chi connectivity index (χ4n) is 1.90. The minimum absolute atomic E-state index is 0.0713. The molecule has 2 rings (SSSR count). The van der Waals surface area contributed by atoms with Gasteiger partial charge in [-0.15, -0.1) is 0 Å². The van der Waals surface area contributed by atoms with Gasteiger partial charge in [-0.05, 0) is 6.54 Å². The van der Waals surface area contributed by atoms with Crippen molar-refractivity contribution < 1.29 is 14.1 Å². The average Bonchev–Trinajstić information content (AvgIpc) is 2.87. The van der Waals surface area contributed by atoms with Crippen molar-refractivity contribution in [1.82, 2.24) is 9.55 Å². The summed E-state index contributed by atoms with van der Waals surface area (Å²) in [5.74, 6) is -0.300. The molecule has 1 aromatic heterocycles. The number of hydrogen-bond acceptors (Lipinski definition) is 5. The van der Waals surface area contributed by atoms with Gasteiger partial charge in [0.05, 0.1) is 18.1 Å². The van der Waals surface area contributed by atoms with Gasteiger partial charge in [0.15, 0.2) is 11.6 Å². The summed E-state index contributed by atoms with van der Waals surface area (Å²) >= 11 is 0. The summed E-state index contributed by atoms with van der Waals surface area (Å²) in [6.45, 7) is 0.350. The van der Waals surface area contributed by atoms with Gasteiger partial charge in [-0.25, -0.2) is 9.37 Å². The number of methoxy groups -OCH3 is 1. The SMILES string of the molecule is COc1cc(-n2ccnc2CCN)c([N+](=O)[O-])cc1F. The van der Waals surface area contributed by atoms with Crippen molar-refractivity contribution in [3.63, 3.8) is 0 Å². The highest BCUT2D eigenvalue weighted by Gasteiger charge is 2.21. The van der Waals surface area contributed by atoms with Crippen LogP contribution in [0.3, 0.4) is 0 Å². The Labute approximate surface area is 113 Å². The van der Waals surface area contributed by atoms with E-state index < -0.39 is 10.7 Å². The molecule has 1 heterocycles. The normalized spacial score (nSPS) is 10.6. The molecule has 0 amide bonds. The monoisotopic (exact) mass is 280 g/mol. The fourth-order valence-corrected chi connectivity index (χ4v) is 1.90. The molecular formula is C12H13FN4O3. The van der Waals surface area contributed by atoms with Crippen LogP contribution in [-0.4, -0.2) is 28.1 Å². The molecule has 0 radical (unpaired) electrons. The van der Waals surface area contributed by atoms with Gasteiger partial charge in [-0.1, -0.05) is 0 Å². The fraction of sp³-hybridized carbons (Fsp3) is 0.250. The van der Waals surface area contributed by atoms with Gasteiger partial charge in [0.2, 0.25) is 0 Å². The Morgan fingerprint density at radius 2 is 2.30 bits per heavy atom. The first-order valence-corrected chi connectivity index (χ1v) is 5.83. The third-order valence-electron chi connectivity index (χ3n) is 2.79. The maximum Gasteiger partial charge on any atom is 0.296 e. The molecule has 0 fully saturated rings. The van der Waals surface area contributed by atoms with Crippen LogP contribution >= 0.6 is 0 Å². The second-order valence-electron chi connectivity index (χ2n) is 3.98. The van der Waals surface area contributed by atoms with E-state index in [1.807, 2.05) is 0 Å². The third kappa shape index (κ3) is 2.45. The zero-order valence-electron chi connectivity index (χ0n) is 10.7. The largest absolute Gasteiger partial charge is 0.494 e. The van der Waals surface area contributed by atoms with E-state index >= 15 is 0 Å². The number of halogens is 1. The van der Waals surface area contributed by atoms with Crippen LogP contribution in [0.15, 0.2) is 24.5 Å². The van der Waals surface area contributed by atoms with Crippen molar-refractivity contribution in [2.24, 2.45) is 5.73 Å². The number of ether oxygens (including phenoxy) is 1. The van der Waals surface area contributed by atoms with Gasteiger partial charge in [0.25, 0.3) is 5.69 Å². The Hall–Kier alpha value is -2.48. The molecule has 8 heteroatoms. The molecule has 2 aromatic rings. The van der Waals surface area contributed by atoms with Crippen LogP contribution in [0.25, 0.3) is 5.69 Å². The Balaban J connectivity index is 2.64. The molecular weight excluding hydrogens is 267 g/mol. The lowest BCUT2D eigenvalue weighted by Crippen LogP contribution is -2.10. The molecule has 0 bridgehead atoms. The molecule has 0 aliphatic carbocycles. The van der Waals surface area contributed by atoms with Crippen molar-refractivity contribution in [2.75, 3.05) is 13.7 Å². The minimum atomic E-state index is -0.788. The second kappa shape index (κ2) is 5.66. The minimum Gasteiger partial charge on any atom is -0.494 e. The van der Waals surface area contributed by atoms with E-state index in [4.69, 9.17) is 10.5 Å². The van der Waals surface area contributed by atoms with Crippen molar-refractivity contribution in [2.45, 2.75) is 6.42 Å². The second-order valence-corrected chi connectivity index (χ2v) is 3.98. The van der Waals surface area contributed by atoms with Crippen LogP contribution in [0.1, 0.15) is 5.82 Å². The van der Waals surface area contributed by atoms with Crippen LogP contribution in [0, 0.1) is 15.9 Å². The number of imidazole rings is 1. The van der Waals surface area contributed by atoms with Crippen LogP contribution in [0.2, 0.25) is 0 Å². The molecule has 7 nitrogen and oxygen atoms in total. The maximum atomic E-state index is 13.6. The first-order chi connectivity index (χ1) is 9.58. The zero-order valence-corrected chi connectivity index (χ0v) is 10.7. The Kier molecular flexibility index (Phi) is 3.94. The number of nitro groups is 1. The lowest BCUT2D eigenvalue weighted by Gasteiger charge is -2.10. The highest BCUT2D eigenvalue weighted by Crippen LogP contribution is 2.31. The predicted molar refractivity (Wildman–Crippen MR) is 69.5 cm³/mol. The van der Waals surface area contributed by atoms with E-state index in [1.165, 1.54) is 23.9 Å². The van der Waals surface area contributed by atoms with Gasteiger partial charge in [-0.3, -0.25) is 14.7 Å². The van der Waals surface area contributed by atoms with E-state index in [0.29, 0.717) is 18.8 Å². The highest BCUT2D eigenvalue weighted by atomic mass is 19.1. The number of rotatable bonds is 5. The molecule has 0 atom stereocenters. The number of nitrogens with zero attached hydrogens (tertiary/aromatic N) is 3. The Bertz CT molecular complexity index is 642. The van der Waals surface area contributed by atoms with Crippen LogP contribution in [-0.2, 0) is 6.42 Å². The Morgan fingerprint density at radius 3 is 2.90 bits per heavy atom. The topological polar surface area (TPSA) is 96.2 Å². The molecule has 0 saturated heterocycles. The van der Waals surface area contributed by atoms with Crippen molar-refractivity contribution >= 4 is 5.69 Å². The maximum absolute atomic E-state index is 13.6. The molecule has 0 spiro atoms. The number of nitro benzene ring substituents is 1. The molecule has 0 aliphatic rings. The molecule has 0 saturated carbocycles. The zero-order chi connectivity index (χ0) is 14.7. The molecule has 0 aliphatic heterocycles. The molecule has 20 heavy (non-hydrogen) atoms. The number of benzene rings is 1. The number of hydrogen-bond donors (Lipinski definition) is 1. The van der Waals surface area contributed by atoms with Gasteiger partial charge in [0, 0.05) is 24.9 Å². The van der Waals surface area contributed by atoms with Gasteiger partial charge >= 0.3 is 0 Å². The van der Waals surface area contributed by atoms with Gasteiger partial charge < -0.3 is 10.5 Å². The van der Waals surface area contributed by atoms with E-state index in [2.05, 4.69) is 4.98 Å². The molecule has 106 valence electrons. The number of nitrogens with two attached hydrogens (primary N) is 1. The van der Waals surface area contributed by atoms with Gasteiger partial charge in [-0.2, -0.15) is 0 Å². The van der Waals surface area contributed by atoms with Crippen LogP contribution < -0.4 is 10.5 Å². The molecule has 2 N–H and O–H groups in total. The lowest BCUT2D eigenvalue weighted by molar-refractivity contribution is -0.384. The number of aromatic nitrogens is 2. The van der Waals surface area contributed by atoms with E-state index in [-0.39, 0.29) is 17.1 Å². The van der Waals surface area contributed by atoms with Gasteiger partial charge in [0.1, 0.15) is 11.5 Å². The Morgan fingerprint density at radius 1 is 1.55 bits per heavy atom. The van der Waals surface area contributed by atoms with Crippen molar-refractivity contribution in [1.29, 1.82) is 0 Å². The average molecular weight is 280 g/mol. The summed E-state index contributed by atoms with van der Waals surface area (Å²) in [7, 11) is 1.29. The third-order valence-corrected chi connectivity index (χ3v) is 2.79. The summed E-state index contributed by atoms with van der Waals surface area (Å²) in [4.78, 5) is 14.5. The summed E-state index contributed by atoms with van der Waals surface area (Å²) in [5, 5.41) is 11.1. The van der Waals surface area contributed by atoms with Crippen molar-refractivity contribution in [3.05, 3.63) is 46.3 Å². The highest BCUT2D eigenvalue weighted by molar-refractivity contribution is 5.57. The van der Waals surface area contributed by atoms with E-state index in [1.54, 1.807) is 6.20 Å². The molecule has 0 unspecified atom stereocenters. The molecule has 1 aromatic carbocycles. The van der Waals surface area contributed by atoms with E-state index in [0.717, 1.165) is 6.07 Å². The summed E-state index contributed by atoms with van der Waals surface area (Å²) < 4.78 is 20.0. The summed E-state index contributed by atoms with van der Waals surface area (Å²) in [6.07, 6.45) is 3.51. The predicted octanol–water partition coefficient (Wildman–Crippen LogP) is 1.43. The first-order valence-electron chi connectivity index (χ1n) is 5.83. The van der Waals surface area contributed by atoms with Crippen LogP contribution in [0.4, 0.5) is 10.1 Å². The lowest BCUT2D eigenvalue weighted by atomic mass is 10.2. The summed E-state index contributed by atoms with van der Waals surface area (Å²) in [6, 6.07) is 2.11. The van der Waals surface area contributed by atoms with E-state index in [9.17, 15) is 14.5 Å². The first kappa shape index (κ1) is 13.9. The smallest absolute Gasteiger partial charge is 0.296 e. The quantitative estimate of drug-likeness (QED) is 0.660. The summed E-state index contributed by atoms with van der Waals surface area (Å²) in [5.41, 5.74) is 5.30. The van der Waals surface area contributed by atoms with Crippen molar-refractivity contribution in [3.8, 4) is 11.4 Å². The van der Waals surface area contributed by atoms with Crippen LogP contribution in [0.5, 0.6) is 5.75 Å².